The third kappa shape index (κ3) is 4.89. The quantitative estimate of drug-likeness (QED) is 0.833. The highest BCUT2D eigenvalue weighted by molar-refractivity contribution is 7.90. The molecule has 0 saturated carbocycles. The van der Waals surface area contributed by atoms with Crippen LogP contribution in [0.15, 0.2) is 24.3 Å². The van der Waals surface area contributed by atoms with Crippen LogP contribution in [0.2, 0.25) is 0 Å². The fraction of sp³-hybridized carbons (Fsp3) is 0.600. The van der Waals surface area contributed by atoms with Crippen LogP contribution in [0.1, 0.15) is 30.5 Å². The third-order valence-corrected chi connectivity index (χ3v) is 4.60. The number of hydrogen-bond acceptors (Lipinski definition) is 4. The topological polar surface area (TPSA) is 63.4 Å². The average molecular weight is 298 g/mol. The van der Waals surface area contributed by atoms with Gasteiger partial charge in [-0.1, -0.05) is 31.2 Å². The first-order valence-electron chi connectivity index (χ1n) is 6.95. The highest BCUT2D eigenvalue weighted by Crippen LogP contribution is 2.26. The van der Waals surface area contributed by atoms with E-state index in [1.807, 2.05) is 19.2 Å². The van der Waals surface area contributed by atoms with Gasteiger partial charge in [0.25, 0.3) is 0 Å². The molecule has 2 unspecified atom stereocenters. The smallest absolute Gasteiger partial charge is 0.148 e. The van der Waals surface area contributed by atoms with Crippen molar-refractivity contribution in [2.24, 2.45) is 5.73 Å². The summed E-state index contributed by atoms with van der Waals surface area (Å²) in [6.45, 7) is 4.61. The second-order valence-electron chi connectivity index (χ2n) is 5.48. The van der Waals surface area contributed by atoms with Crippen LogP contribution in [0.4, 0.5) is 0 Å². The molecule has 1 aromatic rings. The molecular weight excluding hydrogens is 272 g/mol. The van der Waals surface area contributed by atoms with Crippen molar-refractivity contribution in [3.63, 3.8) is 0 Å². The Morgan fingerprint density at radius 1 is 1.30 bits per heavy atom. The zero-order valence-electron chi connectivity index (χ0n) is 12.8. The monoisotopic (exact) mass is 298 g/mol. The van der Waals surface area contributed by atoms with E-state index in [4.69, 9.17) is 5.73 Å². The molecule has 0 aliphatic rings. The number of nitrogens with zero attached hydrogens (tertiary/aromatic N) is 1. The van der Waals surface area contributed by atoms with Crippen molar-refractivity contribution in [2.45, 2.75) is 32.4 Å². The van der Waals surface area contributed by atoms with Crippen LogP contribution < -0.4 is 5.73 Å². The highest BCUT2D eigenvalue weighted by Gasteiger charge is 2.24. The molecule has 0 spiro atoms. The maximum absolute atomic E-state index is 11.3. The molecule has 2 N–H and O–H groups in total. The van der Waals surface area contributed by atoms with E-state index in [9.17, 15) is 8.42 Å². The van der Waals surface area contributed by atoms with Gasteiger partial charge in [0, 0.05) is 24.9 Å². The first-order valence-corrected chi connectivity index (χ1v) is 9.01. The van der Waals surface area contributed by atoms with Gasteiger partial charge in [-0.15, -0.1) is 0 Å². The van der Waals surface area contributed by atoms with E-state index in [1.54, 1.807) is 0 Å². The van der Waals surface area contributed by atoms with E-state index in [0.717, 1.165) is 6.42 Å². The summed E-state index contributed by atoms with van der Waals surface area (Å²) < 4.78 is 22.7. The zero-order chi connectivity index (χ0) is 15.3. The van der Waals surface area contributed by atoms with Crippen molar-refractivity contribution in [3.05, 3.63) is 35.4 Å². The molecule has 0 saturated heterocycles. The van der Waals surface area contributed by atoms with Crippen molar-refractivity contribution in [2.75, 3.05) is 25.6 Å². The molecule has 0 aromatic heterocycles. The fourth-order valence-electron chi connectivity index (χ4n) is 2.39. The van der Waals surface area contributed by atoms with Crippen LogP contribution in [0.3, 0.4) is 0 Å². The summed E-state index contributed by atoms with van der Waals surface area (Å²) >= 11 is 0. The Bertz CT molecular complexity index is 528. The van der Waals surface area contributed by atoms with Crippen LogP contribution in [-0.4, -0.2) is 45.0 Å². The molecule has 1 aromatic carbocycles. The molecule has 20 heavy (non-hydrogen) atoms. The maximum atomic E-state index is 11.3. The van der Waals surface area contributed by atoms with Crippen molar-refractivity contribution in [1.82, 2.24) is 4.90 Å². The van der Waals surface area contributed by atoms with Gasteiger partial charge in [-0.25, -0.2) is 8.42 Å². The third-order valence-electron chi connectivity index (χ3n) is 3.67. The number of rotatable bonds is 7. The summed E-state index contributed by atoms with van der Waals surface area (Å²) in [5.74, 6) is 0.155. The van der Waals surface area contributed by atoms with E-state index in [0.29, 0.717) is 6.54 Å². The SMILES string of the molecule is CCC(N)C(c1ccccc1C)N(C)CCS(C)(=O)=O. The lowest BCUT2D eigenvalue weighted by Gasteiger charge is -2.33. The molecule has 114 valence electrons. The molecule has 0 fully saturated rings. The summed E-state index contributed by atoms with van der Waals surface area (Å²) in [6.07, 6.45) is 2.12. The molecule has 0 heterocycles. The summed E-state index contributed by atoms with van der Waals surface area (Å²) in [6, 6.07) is 8.18. The second-order valence-corrected chi connectivity index (χ2v) is 7.74. The van der Waals surface area contributed by atoms with Crippen LogP contribution in [0.5, 0.6) is 0 Å². The van der Waals surface area contributed by atoms with Crippen molar-refractivity contribution in [1.29, 1.82) is 0 Å². The van der Waals surface area contributed by atoms with Gasteiger partial charge < -0.3 is 5.73 Å². The number of nitrogens with two attached hydrogens (primary N) is 1. The standard InChI is InChI=1S/C15H26N2O2S/c1-5-14(16)15(13-9-7-6-8-12(13)2)17(3)10-11-20(4,18)19/h6-9,14-15H,5,10-11,16H2,1-4H3. The van der Waals surface area contributed by atoms with Crippen LogP contribution >= 0.6 is 0 Å². The van der Waals surface area contributed by atoms with E-state index in [2.05, 4.69) is 30.9 Å². The Balaban J connectivity index is 2.98. The van der Waals surface area contributed by atoms with Crippen molar-refractivity contribution < 1.29 is 8.42 Å². The molecule has 1 rings (SSSR count). The molecule has 5 heteroatoms. The number of likely N-dealkylation sites (N-methyl/N-ethyl adjacent to an activating group) is 1. The molecule has 0 aliphatic carbocycles. The van der Waals surface area contributed by atoms with Gasteiger partial charge in [0.05, 0.1) is 5.75 Å². The lowest BCUT2D eigenvalue weighted by molar-refractivity contribution is 0.220. The van der Waals surface area contributed by atoms with Crippen molar-refractivity contribution in [3.8, 4) is 0 Å². The van der Waals surface area contributed by atoms with Crippen LogP contribution in [0.25, 0.3) is 0 Å². The largest absolute Gasteiger partial charge is 0.326 e. The van der Waals surface area contributed by atoms with Gasteiger partial charge in [-0.05, 0) is 31.5 Å². The minimum Gasteiger partial charge on any atom is -0.326 e. The minimum absolute atomic E-state index is 0.0133. The van der Waals surface area contributed by atoms with Gasteiger partial charge >= 0.3 is 0 Å². The van der Waals surface area contributed by atoms with E-state index < -0.39 is 9.84 Å². The Hall–Kier alpha value is -0.910. The molecule has 4 nitrogen and oxygen atoms in total. The van der Waals surface area contributed by atoms with Gasteiger partial charge in [-0.2, -0.15) is 0 Å². The number of aryl methyl sites for hydroxylation is 1. The molecular formula is C15H26N2O2S. The molecule has 0 radical (unpaired) electrons. The maximum Gasteiger partial charge on any atom is 0.148 e. The van der Waals surface area contributed by atoms with E-state index >= 15 is 0 Å². The molecule has 2 atom stereocenters. The second kappa shape index (κ2) is 7.20. The van der Waals surface area contributed by atoms with Gasteiger partial charge in [0.15, 0.2) is 0 Å². The number of benzene rings is 1. The summed E-state index contributed by atoms with van der Waals surface area (Å²) in [7, 11) is -1.02. The van der Waals surface area contributed by atoms with Crippen molar-refractivity contribution >= 4 is 9.84 Å². The van der Waals surface area contributed by atoms with Gasteiger partial charge in [0.1, 0.15) is 9.84 Å². The Labute approximate surface area is 122 Å². The number of sulfone groups is 1. The number of hydrogen-bond donors (Lipinski definition) is 1. The van der Waals surface area contributed by atoms with E-state index in [1.165, 1.54) is 17.4 Å². The summed E-state index contributed by atoms with van der Waals surface area (Å²) in [4.78, 5) is 2.05. The molecule has 0 aliphatic heterocycles. The first-order chi connectivity index (χ1) is 9.26. The van der Waals surface area contributed by atoms with Gasteiger partial charge in [-0.3, -0.25) is 4.90 Å². The lowest BCUT2D eigenvalue weighted by atomic mass is 9.93. The Morgan fingerprint density at radius 3 is 2.40 bits per heavy atom. The average Bonchev–Trinajstić information content (AvgIpc) is 2.38. The zero-order valence-corrected chi connectivity index (χ0v) is 13.7. The molecule has 0 bridgehead atoms. The Morgan fingerprint density at radius 2 is 1.90 bits per heavy atom. The van der Waals surface area contributed by atoms with Crippen LogP contribution in [-0.2, 0) is 9.84 Å². The Kier molecular flexibility index (Phi) is 6.17. The van der Waals surface area contributed by atoms with Crippen LogP contribution in [0, 0.1) is 6.92 Å². The minimum atomic E-state index is -2.96. The van der Waals surface area contributed by atoms with E-state index in [-0.39, 0.29) is 17.8 Å². The van der Waals surface area contributed by atoms with Gasteiger partial charge in [0.2, 0.25) is 0 Å². The molecule has 0 amide bonds. The predicted octanol–water partition coefficient (Wildman–Crippen LogP) is 1.75. The highest BCUT2D eigenvalue weighted by atomic mass is 32.2. The summed E-state index contributed by atoms with van der Waals surface area (Å²) in [5.41, 5.74) is 8.63. The lowest BCUT2D eigenvalue weighted by Crippen LogP contribution is -2.41. The fourth-order valence-corrected chi connectivity index (χ4v) is 3.01. The normalized spacial score (nSPS) is 15.3. The summed E-state index contributed by atoms with van der Waals surface area (Å²) in [5, 5.41) is 0. The predicted molar refractivity (Wildman–Crippen MR) is 84.5 cm³/mol. The first kappa shape index (κ1) is 17.1.